The Hall–Kier alpha value is -1.06. The zero-order valence-electron chi connectivity index (χ0n) is 10.3. The molecule has 0 fully saturated rings. The zero-order chi connectivity index (χ0) is 12.7. The van der Waals surface area contributed by atoms with Gasteiger partial charge in [-0.3, -0.25) is 4.79 Å². The Morgan fingerprint density at radius 3 is 2.82 bits per heavy atom. The maximum atomic E-state index is 11.8. The van der Waals surface area contributed by atoms with E-state index >= 15 is 0 Å². The van der Waals surface area contributed by atoms with Crippen molar-refractivity contribution < 1.29 is 9.53 Å². The number of hydrogen-bond acceptors (Lipinski definition) is 2. The molecule has 0 unspecified atom stereocenters. The van der Waals surface area contributed by atoms with Crippen LogP contribution in [0.4, 0.5) is 5.69 Å². The Morgan fingerprint density at radius 1 is 1.47 bits per heavy atom. The molecule has 0 bridgehead atoms. The van der Waals surface area contributed by atoms with Crippen molar-refractivity contribution in [3.05, 3.63) is 29.8 Å². The standard InChI is InChI=1S/C13H18ClNO2/c1-3-17-8-7-15(13(16)10-14)12-6-4-5-11(2)9-12/h4-6,9H,3,7-8,10H2,1-2H3. The number of aryl methyl sites for hydroxylation is 1. The Labute approximate surface area is 107 Å². The molecule has 94 valence electrons. The number of rotatable bonds is 6. The first kappa shape index (κ1) is 14.0. The number of nitrogens with zero attached hydrogens (tertiary/aromatic N) is 1. The van der Waals surface area contributed by atoms with E-state index in [-0.39, 0.29) is 11.8 Å². The number of carbonyl (C=O) groups excluding carboxylic acids is 1. The highest BCUT2D eigenvalue weighted by molar-refractivity contribution is 6.29. The van der Waals surface area contributed by atoms with Gasteiger partial charge >= 0.3 is 0 Å². The largest absolute Gasteiger partial charge is 0.380 e. The molecule has 0 aliphatic carbocycles. The highest BCUT2D eigenvalue weighted by Crippen LogP contribution is 2.16. The summed E-state index contributed by atoms with van der Waals surface area (Å²) in [5.41, 5.74) is 1.99. The minimum Gasteiger partial charge on any atom is -0.380 e. The molecular weight excluding hydrogens is 238 g/mol. The van der Waals surface area contributed by atoms with E-state index in [0.717, 1.165) is 11.3 Å². The van der Waals surface area contributed by atoms with E-state index in [1.54, 1.807) is 4.90 Å². The van der Waals surface area contributed by atoms with Crippen LogP contribution in [0.25, 0.3) is 0 Å². The van der Waals surface area contributed by atoms with Crippen LogP contribution in [0.2, 0.25) is 0 Å². The van der Waals surface area contributed by atoms with E-state index in [2.05, 4.69) is 0 Å². The molecule has 0 atom stereocenters. The average molecular weight is 256 g/mol. The van der Waals surface area contributed by atoms with E-state index in [1.165, 1.54) is 0 Å². The van der Waals surface area contributed by atoms with E-state index in [1.807, 2.05) is 38.1 Å². The number of anilines is 1. The fraction of sp³-hybridized carbons (Fsp3) is 0.462. The lowest BCUT2D eigenvalue weighted by molar-refractivity contribution is -0.116. The SMILES string of the molecule is CCOCCN(C(=O)CCl)c1cccc(C)c1. The van der Waals surface area contributed by atoms with E-state index in [9.17, 15) is 4.79 Å². The van der Waals surface area contributed by atoms with Crippen LogP contribution >= 0.6 is 11.6 Å². The first-order valence-electron chi connectivity index (χ1n) is 5.69. The molecular formula is C13H18ClNO2. The molecule has 0 saturated heterocycles. The lowest BCUT2D eigenvalue weighted by atomic mass is 10.2. The van der Waals surface area contributed by atoms with Gasteiger partial charge in [0.25, 0.3) is 0 Å². The van der Waals surface area contributed by atoms with Crippen molar-refractivity contribution in [3.63, 3.8) is 0 Å². The molecule has 0 radical (unpaired) electrons. The van der Waals surface area contributed by atoms with Crippen molar-refractivity contribution in [2.24, 2.45) is 0 Å². The number of hydrogen-bond donors (Lipinski definition) is 0. The third kappa shape index (κ3) is 4.36. The van der Waals surface area contributed by atoms with Crippen molar-refractivity contribution in [3.8, 4) is 0 Å². The number of amides is 1. The van der Waals surface area contributed by atoms with Crippen molar-refractivity contribution >= 4 is 23.2 Å². The topological polar surface area (TPSA) is 29.5 Å². The van der Waals surface area contributed by atoms with Crippen LogP contribution < -0.4 is 4.90 Å². The van der Waals surface area contributed by atoms with E-state index < -0.39 is 0 Å². The maximum absolute atomic E-state index is 11.8. The highest BCUT2D eigenvalue weighted by atomic mass is 35.5. The molecule has 3 nitrogen and oxygen atoms in total. The predicted octanol–water partition coefficient (Wildman–Crippen LogP) is 2.60. The molecule has 4 heteroatoms. The van der Waals surface area contributed by atoms with Gasteiger partial charge in [0.1, 0.15) is 5.88 Å². The fourth-order valence-corrected chi connectivity index (χ4v) is 1.71. The fourth-order valence-electron chi connectivity index (χ4n) is 1.57. The van der Waals surface area contributed by atoms with Gasteiger partial charge in [0, 0.05) is 18.8 Å². The molecule has 0 saturated carbocycles. The van der Waals surface area contributed by atoms with Gasteiger partial charge in [-0.2, -0.15) is 0 Å². The van der Waals surface area contributed by atoms with Gasteiger partial charge in [-0.05, 0) is 31.5 Å². The molecule has 1 amide bonds. The van der Waals surface area contributed by atoms with Crippen LogP contribution in [0.15, 0.2) is 24.3 Å². The molecule has 1 aromatic carbocycles. The Morgan fingerprint density at radius 2 is 2.24 bits per heavy atom. The molecule has 1 aromatic rings. The predicted molar refractivity (Wildman–Crippen MR) is 70.7 cm³/mol. The summed E-state index contributed by atoms with van der Waals surface area (Å²) < 4.78 is 5.27. The third-order valence-corrected chi connectivity index (χ3v) is 2.62. The first-order valence-corrected chi connectivity index (χ1v) is 6.23. The molecule has 0 aliphatic heterocycles. The van der Waals surface area contributed by atoms with Crippen LogP contribution in [0.5, 0.6) is 0 Å². The normalized spacial score (nSPS) is 10.3. The lowest BCUT2D eigenvalue weighted by Crippen LogP contribution is -2.35. The Bertz CT molecular complexity index is 368. The van der Waals surface area contributed by atoms with Gasteiger partial charge in [-0.15, -0.1) is 11.6 Å². The molecule has 0 aliphatic rings. The molecule has 0 heterocycles. The highest BCUT2D eigenvalue weighted by Gasteiger charge is 2.14. The van der Waals surface area contributed by atoms with Gasteiger partial charge in [0.2, 0.25) is 5.91 Å². The third-order valence-electron chi connectivity index (χ3n) is 2.39. The van der Waals surface area contributed by atoms with E-state index in [4.69, 9.17) is 16.3 Å². The van der Waals surface area contributed by atoms with Gasteiger partial charge in [0.05, 0.1) is 6.61 Å². The van der Waals surface area contributed by atoms with Crippen LogP contribution in [-0.2, 0) is 9.53 Å². The maximum Gasteiger partial charge on any atom is 0.241 e. The van der Waals surface area contributed by atoms with Gasteiger partial charge in [-0.25, -0.2) is 0 Å². The first-order chi connectivity index (χ1) is 8.19. The Kier molecular flexibility index (Phi) is 6.01. The summed E-state index contributed by atoms with van der Waals surface area (Å²) in [5, 5.41) is 0. The van der Waals surface area contributed by atoms with Crippen molar-refractivity contribution in [2.45, 2.75) is 13.8 Å². The monoisotopic (exact) mass is 255 g/mol. The summed E-state index contributed by atoms with van der Waals surface area (Å²) in [7, 11) is 0. The van der Waals surface area contributed by atoms with Crippen LogP contribution in [0.1, 0.15) is 12.5 Å². The zero-order valence-corrected chi connectivity index (χ0v) is 11.0. The second-order valence-corrected chi connectivity index (χ2v) is 3.98. The summed E-state index contributed by atoms with van der Waals surface area (Å²) in [6.07, 6.45) is 0. The molecule has 0 spiro atoms. The summed E-state index contributed by atoms with van der Waals surface area (Å²) in [6, 6.07) is 7.80. The molecule has 1 rings (SSSR count). The smallest absolute Gasteiger partial charge is 0.241 e. The van der Waals surface area contributed by atoms with Gasteiger partial charge in [-0.1, -0.05) is 12.1 Å². The molecule has 0 aromatic heterocycles. The quantitative estimate of drug-likeness (QED) is 0.578. The van der Waals surface area contributed by atoms with Gasteiger partial charge < -0.3 is 9.64 Å². The molecule has 0 N–H and O–H groups in total. The summed E-state index contributed by atoms with van der Waals surface area (Å²) >= 11 is 5.62. The summed E-state index contributed by atoms with van der Waals surface area (Å²) in [4.78, 5) is 13.4. The number of halogens is 1. The van der Waals surface area contributed by atoms with Crippen molar-refractivity contribution in [2.75, 3.05) is 30.5 Å². The van der Waals surface area contributed by atoms with Gasteiger partial charge in [0.15, 0.2) is 0 Å². The van der Waals surface area contributed by atoms with Crippen molar-refractivity contribution in [1.29, 1.82) is 0 Å². The summed E-state index contributed by atoms with van der Waals surface area (Å²) in [5.74, 6) is -0.114. The minimum absolute atomic E-state index is 0.0138. The number of ether oxygens (including phenoxy) is 1. The van der Waals surface area contributed by atoms with Crippen LogP contribution in [-0.4, -0.2) is 31.5 Å². The second kappa shape index (κ2) is 7.30. The lowest BCUT2D eigenvalue weighted by Gasteiger charge is -2.22. The number of benzene rings is 1. The second-order valence-electron chi connectivity index (χ2n) is 3.71. The van der Waals surface area contributed by atoms with Crippen LogP contribution in [0, 0.1) is 6.92 Å². The number of alkyl halides is 1. The van der Waals surface area contributed by atoms with E-state index in [0.29, 0.717) is 19.8 Å². The average Bonchev–Trinajstić information content (AvgIpc) is 2.34. The minimum atomic E-state index is -0.100. The van der Waals surface area contributed by atoms with Crippen LogP contribution in [0.3, 0.4) is 0 Å². The number of carbonyl (C=O) groups is 1. The molecule has 17 heavy (non-hydrogen) atoms. The van der Waals surface area contributed by atoms with Crippen molar-refractivity contribution in [1.82, 2.24) is 0 Å². The summed E-state index contributed by atoms with van der Waals surface area (Å²) in [6.45, 7) is 5.63. The Balaban J connectivity index is 2.78.